The van der Waals surface area contributed by atoms with Crippen LogP contribution in [0, 0.1) is 6.92 Å². The van der Waals surface area contributed by atoms with Crippen LogP contribution in [0.5, 0.6) is 0 Å². The van der Waals surface area contributed by atoms with Crippen LogP contribution in [0.4, 0.5) is 11.4 Å². The first-order valence-corrected chi connectivity index (χ1v) is 5.85. The van der Waals surface area contributed by atoms with E-state index in [1.54, 1.807) is 0 Å². The minimum absolute atomic E-state index is 0.223. The van der Waals surface area contributed by atoms with Crippen LogP contribution in [0.2, 0.25) is 0 Å². The predicted octanol–water partition coefficient (Wildman–Crippen LogP) is 2.48. The third-order valence-electron chi connectivity index (χ3n) is 3.15. The Labute approximate surface area is 96.2 Å². The second-order valence-electron chi connectivity index (χ2n) is 4.40. The van der Waals surface area contributed by atoms with Gasteiger partial charge in [-0.2, -0.15) is 0 Å². The van der Waals surface area contributed by atoms with E-state index >= 15 is 0 Å². The van der Waals surface area contributed by atoms with Gasteiger partial charge in [0.1, 0.15) is 0 Å². The number of carbonyl (C=O) groups is 1. The molecule has 1 aromatic carbocycles. The van der Waals surface area contributed by atoms with Gasteiger partial charge in [-0.3, -0.25) is 4.79 Å². The van der Waals surface area contributed by atoms with Gasteiger partial charge in [-0.15, -0.1) is 0 Å². The maximum Gasteiger partial charge on any atom is 0.226 e. The molecule has 0 aliphatic carbocycles. The number of rotatable bonds is 1. The number of amides is 1. The fourth-order valence-corrected chi connectivity index (χ4v) is 2.05. The zero-order valence-electron chi connectivity index (χ0n) is 9.70. The lowest BCUT2D eigenvalue weighted by molar-refractivity contribution is -0.118. The monoisotopic (exact) mass is 218 g/mol. The zero-order chi connectivity index (χ0) is 11.5. The Hall–Kier alpha value is -1.51. The molecule has 16 heavy (non-hydrogen) atoms. The third-order valence-corrected chi connectivity index (χ3v) is 3.15. The highest BCUT2D eigenvalue weighted by Crippen LogP contribution is 2.24. The fraction of sp³-hybridized carbons (Fsp3) is 0.462. The predicted molar refractivity (Wildman–Crippen MR) is 66.4 cm³/mol. The van der Waals surface area contributed by atoms with Gasteiger partial charge in [-0.25, -0.2) is 0 Å². The molecule has 3 heteroatoms. The molecule has 1 aliphatic rings. The van der Waals surface area contributed by atoms with Gasteiger partial charge in [0, 0.05) is 24.3 Å². The molecule has 0 radical (unpaired) electrons. The largest absolute Gasteiger partial charge is 0.398 e. The maximum absolute atomic E-state index is 11.9. The summed E-state index contributed by atoms with van der Waals surface area (Å²) in [5, 5.41) is 0. The average molecular weight is 218 g/mol. The number of anilines is 2. The van der Waals surface area contributed by atoms with Crippen molar-refractivity contribution in [2.75, 3.05) is 17.2 Å². The van der Waals surface area contributed by atoms with Gasteiger partial charge in [-0.1, -0.05) is 12.5 Å². The minimum atomic E-state index is 0.223. The van der Waals surface area contributed by atoms with E-state index in [2.05, 4.69) is 0 Å². The number of aryl methyl sites for hydroxylation is 1. The van der Waals surface area contributed by atoms with Gasteiger partial charge in [0.05, 0.1) is 0 Å². The lowest BCUT2D eigenvalue weighted by Gasteiger charge is -2.21. The molecule has 0 bridgehead atoms. The van der Waals surface area contributed by atoms with Gasteiger partial charge < -0.3 is 10.6 Å². The van der Waals surface area contributed by atoms with Crippen molar-refractivity contribution >= 4 is 17.3 Å². The van der Waals surface area contributed by atoms with Crippen molar-refractivity contribution < 1.29 is 4.79 Å². The quantitative estimate of drug-likeness (QED) is 0.736. The number of hydrogen-bond donors (Lipinski definition) is 1. The Balaban J connectivity index is 2.27. The van der Waals surface area contributed by atoms with Crippen LogP contribution in [0.3, 0.4) is 0 Å². The summed E-state index contributed by atoms with van der Waals surface area (Å²) in [6, 6.07) is 5.86. The Morgan fingerprint density at radius 3 is 2.81 bits per heavy atom. The molecule has 86 valence electrons. The molecule has 2 N–H and O–H groups in total. The van der Waals surface area contributed by atoms with Gasteiger partial charge in [0.2, 0.25) is 5.91 Å². The summed E-state index contributed by atoms with van der Waals surface area (Å²) >= 11 is 0. The molecule has 1 aromatic rings. The molecule has 0 atom stereocenters. The number of nitrogens with two attached hydrogens (primary N) is 1. The summed E-state index contributed by atoms with van der Waals surface area (Å²) in [4.78, 5) is 13.8. The number of carbonyl (C=O) groups excluding carboxylic acids is 1. The van der Waals surface area contributed by atoms with Crippen LogP contribution in [0.15, 0.2) is 18.2 Å². The Bertz CT molecular complexity index is 401. The highest BCUT2D eigenvalue weighted by atomic mass is 16.2. The summed E-state index contributed by atoms with van der Waals surface area (Å²) in [5.74, 6) is 0.223. The van der Waals surface area contributed by atoms with E-state index in [4.69, 9.17) is 5.73 Å². The highest BCUT2D eigenvalue weighted by Gasteiger charge is 2.18. The Morgan fingerprint density at radius 2 is 2.06 bits per heavy atom. The Kier molecular flexibility index (Phi) is 3.13. The standard InChI is InChI=1S/C13H18N2O/c1-10-6-7-11(9-12(10)14)15-8-4-2-3-5-13(15)16/h6-7,9H,2-5,8,14H2,1H3. The molecular formula is C13H18N2O. The van der Waals surface area contributed by atoms with Crippen LogP contribution in [-0.4, -0.2) is 12.5 Å². The van der Waals surface area contributed by atoms with E-state index in [9.17, 15) is 4.79 Å². The van der Waals surface area contributed by atoms with Crippen molar-refractivity contribution in [3.63, 3.8) is 0 Å². The van der Waals surface area contributed by atoms with Crippen molar-refractivity contribution in [2.24, 2.45) is 0 Å². The van der Waals surface area contributed by atoms with E-state index in [1.165, 1.54) is 0 Å². The maximum atomic E-state index is 11.9. The van der Waals surface area contributed by atoms with E-state index in [0.29, 0.717) is 6.42 Å². The van der Waals surface area contributed by atoms with Crippen molar-refractivity contribution in [2.45, 2.75) is 32.6 Å². The summed E-state index contributed by atoms with van der Waals surface area (Å²) < 4.78 is 0. The molecule has 1 aliphatic heterocycles. The smallest absolute Gasteiger partial charge is 0.226 e. The molecule has 0 aromatic heterocycles. The molecule has 1 amide bonds. The van der Waals surface area contributed by atoms with E-state index < -0.39 is 0 Å². The molecule has 1 saturated heterocycles. The number of benzene rings is 1. The van der Waals surface area contributed by atoms with Gasteiger partial charge in [-0.05, 0) is 37.5 Å². The molecule has 0 saturated carbocycles. The summed E-state index contributed by atoms with van der Waals surface area (Å²) in [5.41, 5.74) is 8.63. The number of nitrogens with zero attached hydrogens (tertiary/aromatic N) is 1. The highest BCUT2D eigenvalue weighted by molar-refractivity contribution is 5.94. The van der Waals surface area contributed by atoms with Crippen molar-refractivity contribution in [1.29, 1.82) is 0 Å². The van der Waals surface area contributed by atoms with Crippen molar-refractivity contribution in [1.82, 2.24) is 0 Å². The van der Waals surface area contributed by atoms with Gasteiger partial charge in [0.15, 0.2) is 0 Å². The van der Waals surface area contributed by atoms with Crippen LogP contribution in [-0.2, 0) is 4.79 Å². The lowest BCUT2D eigenvalue weighted by Crippen LogP contribution is -2.30. The first-order valence-electron chi connectivity index (χ1n) is 5.85. The first kappa shape index (κ1) is 11.0. The lowest BCUT2D eigenvalue weighted by atomic mass is 10.1. The molecular weight excluding hydrogens is 200 g/mol. The van der Waals surface area contributed by atoms with Gasteiger partial charge >= 0.3 is 0 Å². The van der Waals surface area contributed by atoms with Crippen LogP contribution in [0.1, 0.15) is 31.2 Å². The second kappa shape index (κ2) is 4.56. The molecule has 2 rings (SSSR count). The van der Waals surface area contributed by atoms with Crippen molar-refractivity contribution in [3.8, 4) is 0 Å². The average Bonchev–Trinajstić information content (AvgIpc) is 2.47. The first-order chi connectivity index (χ1) is 7.68. The summed E-state index contributed by atoms with van der Waals surface area (Å²) in [6.45, 7) is 2.80. The van der Waals surface area contributed by atoms with Crippen LogP contribution >= 0.6 is 0 Å². The molecule has 3 nitrogen and oxygen atoms in total. The summed E-state index contributed by atoms with van der Waals surface area (Å²) in [6.07, 6.45) is 3.90. The van der Waals surface area contributed by atoms with Crippen molar-refractivity contribution in [3.05, 3.63) is 23.8 Å². The van der Waals surface area contributed by atoms with E-state index in [1.807, 2.05) is 30.0 Å². The third kappa shape index (κ3) is 2.18. The normalized spacial score (nSPS) is 17.3. The Morgan fingerprint density at radius 1 is 1.25 bits per heavy atom. The topological polar surface area (TPSA) is 46.3 Å². The molecule has 0 spiro atoms. The number of nitrogen functional groups attached to an aromatic ring is 1. The SMILES string of the molecule is Cc1ccc(N2CCCCCC2=O)cc1N. The van der Waals surface area contributed by atoms with E-state index in [0.717, 1.165) is 42.7 Å². The fourth-order valence-electron chi connectivity index (χ4n) is 2.05. The van der Waals surface area contributed by atoms with Crippen LogP contribution in [0.25, 0.3) is 0 Å². The number of hydrogen-bond acceptors (Lipinski definition) is 2. The molecule has 1 fully saturated rings. The molecule has 1 heterocycles. The minimum Gasteiger partial charge on any atom is -0.398 e. The van der Waals surface area contributed by atoms with Crippen LogP contribution < -0.4 is 10.6 Å². The molecule has 0 unspecified atom stereocenters. The van der Waals surface area contributed by atoms with E-state index in [-0.39, 0.29) is 5.91 Å². The second-order valence-corrected chi connectivity index (χ2v) is 4.40. The zero-order valence-corrected chi connectivity index (χ0v) is 9.70. The summed E-state index contributed by atoms with van der Waals surface area (Å²) in [7, 11) is 0. The van der Waals surface area contributed by atoms with Gasteiger partial charge in [0.25, 0.3) is 0 Å².